The number of hydrogen-bond acceptors (Lipinski definition) is 2. The quantitative estimate of drug-likeness (QED) is 0.616. The molecule has 0 saturated heterocycles. The zero-order chi connectivity index (χ0) is 10.1. The van der Waals surface area contributed by atoms with Gasteiger partial charge in [0.1, 0.15) is 5.21 Å². The van der Waals surface area contributed by atoms with E-state index < -0.39 is 0 Å². The van der Waals surface area contributed by atoms with Crippen LogP contribution in [0, 0.1) is 6.92 Å². The van der Waals surface area contributed by atoms with E-state index in [1.165, 1.54) is 11.1 Å². The first-order valence-electron chi connectivity index (χ1n) is 4.52. The van der Waals surface area contributed by atoms with Crippen LogP contribution in [-0.4, -0.2) is 15.1 Å². The second-order valence-corrected chi connectivity index (χ2v) is 3.36. The van der Waals surface area contributed by atoms with Crippen molar-refractivity contribution in [3.8, 4) is 11.4 Å². The van der Waals surface area contributed by atoms with Gasteiger partial charge in [0.05, 0.1) is 19.7 Å². The van der Waals surface area contributed by atoms with E-state index in [4.69, 9.17) is 0 Å². The summed E-state index contributed by atoms with van der Waals surface area (Å²) in [7, 11) is 3.80. The lowest BCUT2D eigenvalue weighted by Crippen LogP contribution is -2.33. The Morgan fingerprint density at radius 2 is 2.00 bits per heavy atom. The molecule has 1 aromatic carbocycles. The van der Waals surface area contributed by atoms with Gasteiger partial charge in [-0.1, -0.05) is 22.9 Å². The van der Waals surface area contributed by atoms with E-state index in [-0.39, 0.29) is 0 Å². The maximum atomic E-state index is 3.96. The van der Waals surface area contributed by atoms with E-state index in [2.05, 4.69) is 29.5 Å². The van der Waals surface area contributed by atoms with Crippen LogP contribution >= 0.6 is 0 Å². The first kappa shape index (κ1) is 8.87. The van der Waals surface area contributed by atoms with Crippen molar-refractivity contribution in [1.82, 2.24) is 15.1 Å². The molecule has 0 fully saturated rings. The lowest BCUT2D eigenvalue weighted by Gasteiger charge is -2.00. The summed E-state index contributed by atoms with van der Waals surface area (Å²) in [5.41, 5.74) is 2.40. The van der Waals surface area contributed by atoms with Crippen molar-refractivity contribution in [2.75, 3.05) is 0 Å². The third-order valence-electron chi connectivity index (χ3n) is 2.31. The highest BCUT2D eigenvalue weighted by Crippen LogP contribution is 2.17. The second kappa shape index (κ2) is 3.21. The summed E-state index contributed by atoms with van der Waals surface area (Å²) in [6.07, 6.45) is 0. The van der Waals surface area contributed by atoms with Crippen molar-refractivity contribution in [3.63, 3.8) is 0 Å². The molecule has 0 aliphatic heterocycles. The summed E-state index contributed by atoms with van der Waals surface area (Å²) in [4.78, 5) is 0. The molecule has 72 valence electrons. The third-order valence-corrected chi connectivity index (χ3v) is 2.31. The van der Waals surface area contributed by atoms with Gasteiger partial charge in [0, 0.05) is 0 Å². The fraction of sp³-hybridized carbons (Fsp3) is 0.300. The van der Waals surface area contributed by atoms with Gasteiger partial charge in [0.2, 0.25) is 0 Å². The smallest absolute Gasteiger partial charge is 0.136 e. The van der Waals surface area contributed by atoms with Crippen LogP contribution < -0.4 is 4.68 Å². The van der Waals surface area contributed by atoms with E-state index in [0.29, 0.717) is 0 Å². The lowest BCUT2D eigenvalue weighted by molar-refractivity contribution is -0.721. The number of aromatic nitrogens is 4. The van der Waals surface area contributed by atoms with Gasteiger partial charge in [-0.3, -0.25) is 0 Å². The van der Waals surface area contributed by atoms with Gasteiger partial charge in [-0.25, -0.2) is 0 Å². The number of nitrogens with zero attached hydrogens (tertiary/aromatic N) is 4. The molecule has 2 aromatic rings. The van der Waals surface area contributed by atoms with E-state index in [1.807, 2.05) is 26.2 Å². The molecule has 0 saturated carbocycles. The molecule has 2 rings (SSSR count). The van der Waals surface area contributed by atoms with Crippen LogP contribution in [0.1, 0.15) is 5.56 Å². The van der Waals surface area contributed by atoms with E-state index in [1.54, 1.807) is 9.36 Å². The Morgan fingerprint density at radius 1 is 1.29 bits per heavy atom. The summed E-state index contributed by atoms with van der Waals surface area (Å²) in [6, 6.07) is 8.22. The lowest BCUT2D eigenvalue weighted by atomic mass is 10.1. The Balaban J connectivity index is 2.66. The van der Waals surface area contributed by atoms with E-state index >= 15 is 0 Å². The fourth-order valence-corrected chi connectivity index (χ4v) is 1.59. The minimum atomic E-state index is 1.02. The van der Waals surface area contributed by atoms with Crippen molar-refractivity contribution in [1.29, 1.82) is 0 Å². The monoisotopic (exact) mass is 189 g/mol. The molecule has 1 aromatic heterocycles. The molecule has 0 unspecified atom stereocenters. The van der Waals surface area contributed by atoms with Crippen LogP contribution in [0.4, 0.5) is 0 Å². The van der Waals surface area contributed by atoms with Crippen molar-refractivity contribution in [2.45, 2.75) is 6.92 Å². The van der Waals surface area contributed by atoms with E-state index in [0.717, 1.165) is 5.82 Å². The summed E-state index contributed by atoms with van der Waals surface area (Å²) in [5.74, 6) is 1.02. The third kappa shape index (κ3) is 1.28. The van der Waals surface area contributed by atoms with Gasteiger partial charge in [0.25, 0.3) is 5.82 Å². The van der Waals surface area contributed by atoms with Crippen molar-refractivity contribution in [3.05, 3.63) is 29.8 Å². The van der Waals surface area contributed by atoms with Crippen LogP contribution in [-0.2, 0) is 14.1 Å². The van der Waals surface area contributed by atoms with Crippen LogP contribution in [0.15, 0.2) is 24.3 Å². The molecule has 0 bridgehead atoms. The number of rotatable bonds is 1. The number of tetrazole rings is 1. The number of hydrogen-bond donors (Lipinski definition) is 0. The topological polar surface area (TPSA) is 34.6 Å². The van der Waals surface area contributed by atoms with Gasteiger partial charge >= 0.3 is 0 Å². The minimum Gasteiger partial charge on any atom is -0.136 e. The first-order chi connectivity index (χ1) is 6.70. The highest BCUT2D eigenvalue weighted by Gasteiger charge is 2.17. The molecule has 0 atom stereocenters. The molecule has 14 heavy (non-hydrogen) atoms. The number of benzene rings is 1. The normalized spacial score (nSPS) is 10.5. The van der Waals surface area contributed by atoms with Crippen molar-refractivity contribution >= 4 is 0 Å². The summed E-state index contributed by atoms with van der Waals surface area (Å²) >= 11 is 0. The fourth-order valence-electron chi connectivity index (χ4n) is 1.59. The largest absolute Gasteiger partial charge is 0.288 e. The number of aryl methyl sites for hydroxylation is 3. The maximum absolute atomic E-state index is 3.96. The first-order valence-corrected chi connectivity index (χ1v) is 4.52. The summed E-state index contributed by atoms with van der Waals surface area (Å²) < 4.78 is 3.56. The Bertz CT molecular complexity index is 439. The zero-order valence-corrected chi connectivity index (χ0v) is 8.60. The minimum absolute atomic E-state index is 1.02. The van der Waals surface area contributed by atoms with E-state index in [9.17, 15) is 0 Å². The molecule has 4 heteroatoms. The van der Waals surface area contributed by atoms with Gasteiger partial charge in [0.15, 0.2) is 5.21 Å². The Morgan fingerprint density at radius 3 is 2.57 bits per heavy atom. The zero-order valence-electron chi connectivity index (χ0n) is 8.60. The Labute approximate surface area is 82.8 Å². The Hall–Kier alpha value is -1.71. The van der Waals surface area contributed by atoms with Crippen molar-refractivity contribution in [2.24, 2.45) is 14.1 Å². The molecule has 0 aliphatic carbocycles. The standard InChI is InChI=1S/C10H13N4/c1-8-6-4-5-7-9(8)10-13(2)11-12-14(10)3/h4-7H,1-3H3/q+1. The van der Waals surface area contributed by atoms with Gasteiger partial charge < -0.3 is 0 Å². The van der Waals surface area contributed by atoms with Crippen LogP contribution in [0.3, 0.4) is 0 Å². The molecule has 0 aliphatic rings. The molecule has 0 spiro atoms. The van der Waals surface area contributed by atoms with Crippen LogP contribution in [0.25, 0.3) is 11.4 Å². The van der Waals surface area contributed by atoms with Gasteiger partial charge in [-0.15, -0.1) is 4.68 Å². The van der Waals surface area contributed by atoms with Crippen molar-refractivity contribution < 1.29 is 4.68 Å². The average Bonchev–Trinajstić information content (AvgIpc) is 2.48. The average molecular weight is 189 g/mol. The van der Waals surface area contributed by atoms with Crippen LogP contribution in [0.2, 0.25) is 0 Å². The highest BCUT2D eigenvalue weighted by molar-refractivity contribution is 5.56. The second-order valence-electron chi connectivity index (χ2n) is 3.36. The highest BCUT2D eigenvalue weighted by atomic mass is 15.6. The molecule has 0 N–H and O–H groups in total. The van der Waals surface area contributed by atoms with Gasteiger partial charge in [-0.05, 0) is 18.6 Å². The summed E-state index contributed by atoms with van der Waals surface area (Å²) in [5, 5.41) is 7.93. The van der Waals surface area contributed by atoms with Gasteiger partial charge in [-0.2, -0.15) is 0 Å². The SMILES string of the molecule is Cc1ccccc1-c1n(C)nn[n+]1C. The molecular weight excluding hydrogens is 176 g/mol. The molecule has 0 radical (unpaired) electrons. The predicted molar refractivity (Wildman–Crippen MR) is 52.4 cm³/mol. The molecular formula is C10H13N4+. The molecule has 0 amide bonds. The Kier molecular flexibility index (Phi) is 2.04. The predicted octanol–water partition coefficient (Wildman–Crippen LogP) is 0.615. The molecule has 1 heterocycles. The van der Waals surface area contributed by atoms with Crippen LogP contribution in [0.5, 0.6) is 0 Å². The summed E-state index contributed by atoms with van der Waals surface area (Å²) in [6.45, 7) is 2.09. The molecule has 4 nitrogen and oxygen atoms in total. The maximum Gasteiger partial charge on any atom is 0.288 e.